The van der Waals surface area contributed by atoms with Crippen LogP contribution in [0.4, 0.5) is 0 Å². The van der Waals surface area contributed by atoms with Gasteiger partial charge in [0.1, 0.15) is 13.2 Å². The van der Waals surface area contributed by atoms with Gasteiger partial charge in [0.15, 0.2) is 6.10 Å². The summed E-state index contributed by atoms with van der Waals surface area (Å²) >= 11 is 0. The first-order valence-electron chi connectivity index (χ1n) is 31.0. The summed E-state index contributed by atoms with van der Waals surface area (Å²) in [4.78, 5) is 38.3. The van der Waals surface area contributed by atoms with Crippen molar-refractivity contribution in [3.8, 4) is 0 Å². The average Bonchev–Trinajstić information content (AvgIpc) is 3.43. The molecule has 1 atom stereocenters. The van der Waals surface area contributed by atoms with Crippen LogP contribution in [0.1, 0.15) is 252 Å². The number of ether oxygens (including phenoxy) is 3. The summed E-state index contributed by atoms with van der Waals surface area (Å²) in [6.07, 6.45) is 92.3. The second-order valence-corrected chi connectivity index (χ2v) is 19.8. The fraction of sp³-hybridized carbons (Fsp3) is 0.592. The van der Waals surface area contributed by atoms with E-state index in [9.17, 15) is 14.4 Å². The highest BCUT2D eigenvalue weighted by Gasteiger charge is 2.19. The predicted octanol–water partition coefficient (Wildman–Crippen LogP) is 21.3. The van der Waals surface area contributed by atoms with Crippen LogP contribution in [-0.4, -0.2) is 37.2 Å². The van der Waals surface area contributed by atoms with Gasteiger partial charge in [-0.1, -0.05) is 243 Å². The van der Waals surface area contributed by atoms with E-state index >= 15 is 0 Å². The molecule has 0 radical (unpaired) electrons. The van der Waals surface area contributed by atoms with Gasteiger partial charge in [-0.25, -0.2) is 0 Å². The van der Waals surface area contributed by atoms with Gasteiger partial charge in [0, 0.05) is 19.3 Å². The molecular weight excluding hydrogens is 949 g/mol. The third kappa shape index (κ3) is 61.8. The minimum atomic E-state index is -0.815. The molecule has 6 heteroatoms. The lowest BCUT2D eigenvalue weighted by molar-refractivity contribution is -0.167. The minimum Gasteiger partial charge on any atom is -0.462 e. The third-order valence-electron chi connectivity index (χ3n) is 12.5. The molecule has 0 saturated carbocycles. The molecule has 0 aromatic carbocycles. The van der Waals surface area contributed by atoms with Gasteiger partial charge in [-0.3, -0.25) is 14.4 Å². The second-order valence-electron chi connectivity index (χ2n) is 19.8. The normalized spacial score (nSPS) is 13.2. The van der Waals surface area contributed by atoms with Gasteiger partial charge in [-0.05, 0) is 148 Å². The zero-order chi connectivity index (χ0) is 55.7. The van der Waals surface area contributed by atoms with Crippen molar-refractivity contribution in [1.82, 2.24) is 0 Å². The van der Waals surface area contributed by atoms with Gasteiger partial charge < -0.3 is 14.2 Å². The summed E-state index contributed by atoms with van der Waals surface area (Å²) in [5.74, 6) is -0.970. The molecule has 6 nitrogen and oxygen atoms in total. The Morgan fingerprint density at radius 2 is 0.506 bits per heavy atom. The summed E-state index contributed by atoms with van der Waals surface area (Å²) < 4.78 is 16.9. The first-order valence-corrected chi connectivity index (χ1v) is 31.0. The Hall–Kier alpha value is -4.97. The average molecular weight is 1060 g/mol. The van der Waals surface area contributed by atoms with Crippen LogP contribution in [0.3, 0.4) is 0 Å². The molecule has 0 spiro atoms. The van der Waals surface area contributed by atoms with Crippen LogP contribution in [0, 0.1) is 0 Å². The first-order chi connectivity index (χ1) is 38.0. The summed E-state index contributed by atoms with van der Waals surface area (Å²) in [6.45, 7) is 6.33. The van der Waals surface area contributed by atoms with Gasteiger partial charge in [0.25, 0.3) is 0 Å². The first kappa shape index (κ1) is 72.0. The smallest absolute Gasteiger partial charge is 0.306 e. The van der Waals surface area contributed by atoms with E-state index in [0.717, 1.165) is 186 Å². The number of allylic oxidation sites excluding steroid dienone is 26. The third-order valence-corrected chi connectivity index (χ3v) is 12.5. The van der Waals surface area contributed by atoms with Crippen LogP contribution >= 0.6 is 0 Å². The number of esters is 3. The lowest BCUT2D eigenvalue weighted by Crippen LogP contribution is -2.30. The molecule has 0 fully saturated rings. The molecule has 0 saturated heterocycles. The Bertz CT molecular complexity index is 1740. The zero-order valence-electron chi connectivity index (χ0n) is 49.4. The second kappa shape index (κ2) is 63.6. The maximum atomic E-state index is 12.9. The van der Waals surface area contributed by atoms with E-state index in [4.69, 9.17) is 14.2 Å². The molecular formula is C71H112O6. The maximum Gasteiger partial charge on any atom is 0.306 e. The molecule has 0 heterocycles. The molecule has 0 bridgehead atoms. The predicted molar refractivity (Wildman–Crippen MR) is 334 cm³/mol. The van der Waals surface area contributed by atoms with Crippen molar-refractivity contribution >= 4 is 17.9 Å². The highest BCUT2D eigenvalue weighted by molar-refractivity contribution is 5.71. The van der Waals surface area contributed by atoms with Crippen LogP contribution in [0.25, 0.3) is 0 Å². The summed E-state index contributed by atoms with van der Waals surface area (Å²) in [6, 6.07) is 0. The molecule has 0 rings (SSSR count). The Labute approximate surface area is 473 Å². The van der Waals surface area contributed by atoms with E-state index in [0.29, 0.717) is 12.8 Å². The van der Waals surface area contributed by atoms with Crippen molar-refractivity contribution in [3.63, 3.8) is 0 Å². The fourth-order valence-electron chi connectivity index (χ4n) is 7.91. The number of hydrogen-bond acceptors (Lipinski definition) is 6. The quantitative estimate of drug-likeness (QED) is 0.0261. The molecule has 432 valence electrons. The largest absolute Gasteiger partial charge is 0.462 e. The van der Waals surface area contributed by atoms with Crippen molar-refractivity contribution in [2.75, 3.05) is 13.2 Å². The number of carbonyl (C=O) groups is 3. The van der Waals surface area contributed by atoms with E-state index in [1.807, 2.05) is 0 Å². The number of hydrogen-bond donors (Lipinski definition) is 0. The highest BCUT2D eigenvalue weighted by Crippen LogP contribution is 2.13. The van der Waals surface area contributed by atoms with Gasteiger partial charge in [-0.2, -0.15) is 0 Å². The molecule has 77 heavy (non-hydrogen) atoms. The molecule has 0 amide bonds. The van der Waals surface area contributed by atoms with Gasteiger partial charge >= 0.3 is 17.9 Å². The number of rotatable bonds is 54. The van der Waals surface area contributed by atoms with E-state index in [2.05, 4.69) is 179 Å². The van der Waals surface area contributed by atoms with Crippen molar-refractivity contribution in [3.05, 3.63) is 158 Å². The van der Waals surface area contributed by atoms with E-state index in [-0.39, 0.29) is 37.5 Å². The molecule has 0 aromatic heterocycles. The standard InChI is InChI=1S/C71H112O6/c1-4-7-10-13-16-19-22-25-28-30-32-34-35-37-38-40-43-46-49-52-55-58-61-64-70(73)76-67-68(66-75-69(72)63-60-57-54-51-48-45-42-27-24-21-18-15-12-9-6-3)77-71(74)65-62-59-56-53-50-47-44-41-39-36-33-31-29-26-23-20-17-14-11-8-5-2/h7-8,10-11,16-21,25-29,32-34,36-38,41-44,46,68H,4-6,9,12-15,22-24,30-31,35,39-40,45,47-67H2,1-3H3/b10-7-,11-8-,19-16-,20-17-,21-18-,28-25-,29-26-,34-32-,36-33-,38-37-,42-27-,44-41-,46-43-. The lowest BCUT2D eigenvalue weighted by atomic mass is 10.1. The molecule has 0 aliphatic rings. The Kier molecular flexibility index (Phi) is 59.5. The lowest BCUT2D eigenvalue weighted by Gasteiger charge is -2.18. The van der Waals surface area contributed by atoms with Crippen molar-refractivity contribution in [2.45, 2.75) is 258 Å². The minimum absolute atomic E-state index is 0.109. The Morgan fingerprint density at radius 1 is 0.273 bits per heavy atom. The fourth-order valence-corrected chi connectivity index (χ4v) is 7.91. The van der Waals surface area contributed by atoms with Gasteiger partial charge in [0.05, 0.1) is 0 Å². The molecule has 1 unspecified atom stereocenters. The Morgan fingerprint density at radius 3 is 0.792 bits per heavy atom. The van der Waals surface area contributed by atoms with E-state index in [1.165, 1.54) is 25.7 Å². The van der Waals surface area contributed by atoms with Gasteiger partial charge in [0.2, 0.25) is 0 Å². The molecule has 0 aromatic rings. The molecule has 0 aliphatic heterocycles. The Balaban J connectivity index is 4.52. The maximum absolute atomic E-state index is 12.9. The zero-order valence-corrected chi connectivity index (χ0v) is 49.4. The van der Waals surface area contributed by atoms with E-state index in [1.54, 1.807) is 0 Å². The SMILES string of the molecule is CC/C=C\C/C=C\C/C=C\C/C=C\C/C=C\C/C=C\CCCCCCC(=O)OCC(COC(=O)CCCCCCC/C=C\C/C=C\CCCCC)OC(=O)CCCCCCC/C=C\C/C=C\C/C=C\C/C=C\C/C=C\CC. The monoisotopic (exact) mass is 1060 g/mol. The van der Waals surface area contributed by atoms with Gasteiger partial charge in [-0.15, -0.1) is 0 Å². The van der Waals surface area contributed by atoms with Crippen LogP contribution in [0.5, 0.6) is 0 Å². The summed E-state index contributed by atoms with van der Waals surface area (Å²) in [5, 5.41) is 0. The van der Waals surface area contributed by atoms with E-state index < -0.39 is 6.10 Å². The van der Waals surface area contributed by atoms with Crippen molar-refractivity contribution in [1.29, 1.82) is 0 Å². The van der Waals surface area contributed by atoms with Crippen LogP contribution in [0.2, 0.25) is 0 Å². The van der Waals surface area contributed by atoms with Crippen LogP contribution in [-0.2, 0) is 28.6 Å². The molecule has 0 N–H and O–H groups in total. The number of carbonyl (C=O) groups excluding carboxylic acids is 3. The van der Waals surface area contributed by atoms with Crippen molar-refractivity contribution < 1.29 is 28.6 Å². The molecule has 0 aliphatic carbocycles. The highest BCUT2D eigenvalue weighted by atomic mass is 16.6. The number of unbranched alkanes of at least 4 members (excludes halogenated alkanes) is 17. The topological polar surface area (TPSA) is 78.9 Å². The van der Waals surface area contributed by atoms with Crippen molar-refractivity contribution in [2.24, 2.45) is 0 Å². The summed E-state index contributed by atoms with van der Waals surface area (Å²) in [7, 11) is 0. The summed E-state index contributed by atoms with van der Waals surface area (Å²) in [5.41, 5.74) is 0. The van der Waals surface area contributed by atoms with Crippen LogP contribution in [0.15, 0.2) is 158 Å². The van der Waals surface area contributed by atoms with Crippen LogP contribution < -0.4 is 0 Å².